The van der Waals surface area contributed by atoms with Crippen LogP contribution in [0, 0.1) is 0 Å². The van der Waals surface area contributed by atoms with Crippen LogP contribution < -0.4 is 5.32 Å². The normalized spacial score (nSPS) is 16.5. The smallest absolute Gasteiger partial charge is 0.0982 e. The van der Waals surface area contributed by atoms with E-state index in [1.807, 2.05) is 0 Å². The van der Waals surface area contributed by atoms with Gasteiger partial charge in [-0.05, 0) is 56.2 Å². The molecule has 0 amide bonds. The molecule has 25 heavy (non-hydrogen) atoms. The summed E-state index contributed by atoms with van der Waals surface area (Å²) < 4.78 is 1.28. The zero-order chi connectivity index (χ0) is 17.1. The van der Waals surface area contributed by atoms with E-state index in [9.17, 15) is 0 Å². The summed E-state index contributed by atoms with van der Waals surface area (Å²) in [6, 6.07) is 18.2. The maximum Gasteiger partial charge on any atom is 0.0982 e. The van der Waals surface area contributed by atoms with Gasteiger partial charge >= 0.3 is 0 Å². The predicted molar refractivity (Wildman–Crippen MR) is 106 cm³/mol. The van der Waals surface area contributed by atoms with E-state index in [1.165, 1.54) is 46.8 Å². The molecular weight excluding hydrogens is 326 g/mol. The van der Waals surface area contributed by atoms with E-state index >= 15 is 0 Å². The fourth-order valence-electron chi connectivity index (χ4n) is 3.57. The highest BCUT2D eigenvalue weighted by atomic mass is 32.1. The van der Waals surface area contributed by atoms with Gasteiger partial charge in [0.25, 0.3) is 0 Å². The minimum absolute atomic E-state index is 0.701. The summed E-state index contributed by atoms with van der Waals surface area (Å²) in [5.74, 6) is 0. The number of aromatic nitrogens is 1. The molecule has 0 unspecified atom stereocenters. The van der Waals surface area contributed by atoms with Crippen molar-refractivity contribution in [1.82, 2.24) is 15.2 Å². The minimum atomic E-state index is 0.701. The molecule has 1 aliphatic rings. The van der Waals surface area contributed by atoms with Crippen molar-refractivity contribution in [1.29, 1.82) is 0 Å². The number of nitrogens with zero attached hydrogens (tertiary/aromatic N) is 2. The van der Waals surface area contributed by atoms with Crippen LogP contribution in [0.25, 0.3) is 10.2 Å². The standard InChI is InChI=1S/C21H25N3S/c1-22-18-10-12-24(13-11-18)15-17-8-6-16(7-9-17)14-21-23-19-4-2-3-5-20(19)25-21/h2-9,18,22H,10-15H2,1H3. The number of benzene rings is 2. The molecule has 0 aliphatic carbocycles. The second-order valence-electron chi connectivity index (χ2n) is 6.91. The molecule has 4 rings (SSSR count). The Morgan fingerprint density at radius 1 is 1.04 bits per heavy atom. The van der Waals surface area contributed by atoms with Crippen molar-refractivity contribution < 1.29 is 0 Å². The van der Waals surface area contributed by atoms with Gasteiger partial charge in [-0.25, -0.2) is 4.98 Å². The highest BCUT2D eigenvalue weighted by Crippen LogP contribution is 2.24. The average molecular weight is 352 g/mol. The Morgan fingerprint density at radius 3 is 2.48 bits per heavy atom. The van der Waals surface area contributed by atoms with Gasteiger partial charge in [0.05, 0.1) is 15.2 Å². The highest BCUT2D eigenvalue weighted by Gasteiger charge is 2.17. The van der Waals surface area contributed by atoms with Crippen LogP contribution in [-0.2, 0) is 13.0 Å². The summed E-state index contributed by atoms with van der Waals surface area (Å²) in [7, 11) is 2.07. The molecule has 1 aromatic heterocycles. The number of thiazole rings is 1. The van der Waals surface area contributed by atoms with E-state index < -0.39 is 0 Å². The molecule has 3 nitrogen and oxygen atoms in total. The molecule has 1 fully saturated rings. The highest BCUT2D eigenvalue weighted by molar-refractivity contribution is 7.18. The van der Waals surface area contributed by atoms with Crippen molar-refractivity contribution in [3.63, 3.8) is 0 Å². The predicted octanol–water partition coefficient (Wildman–Crippen LogP) is 4.07. The minimum Gasteiger partial charge on any atom is -0.317 e. The van der Waals surface area contributed by atoms with Gasteiger partial charge < -0.3 is 5.32 Å². The Morgan fingerprint density at radius 2 is 1.76 bits per heavy atom. The Hall–Kier alpha value is -1.75. The molecular formula is C21H25N3S. The first-order valence-electron chi connectivity index (χ1n) is 9.12. The van der Waals surface area contributed by atoms with Gasteiger partial charge in [0, 0.05) is 19.0 Å². The van der Waals surface area contributed by atoms with E-state index in [0.29, 0.717) is 6.04 Å². The van der Waals surface area contributed by atoms with Crippen LogP contribution in [0.2, 0.25) is 0 Å². The van der Waals surface area contributed by atoms with Crippen molar-refractivity contribution in [2.24, 2.45) is 0 Å². The SMILES string of the molecule is CNC1CCN(Cc2ccc(Cc3nc4ccccc4s3)cc2)CC1. The van der Waals surface area contributed by atoms with Gasteiger partial charge in [0.15, 0.2) is 0 Å². The second-order valence-corrected chi connectivity index (χ2v) is 8.02. The molecule has 1 aliphatic heterocycles. The van der Waals surface area contributed by atoms with Crippen LogP contribution in [0.5, 0.6) is 0 Å². The van der Waals surface area contributed by atoms with Crippen molar-refractivity contribution in [3.05, 3.63) is 64.7 Å². The summed E-state index contributed by atoms with van der Waals surface area (Å²) in [5, 5.41) is 4.59. The van der Waals surface area contributed by atoms with E-state index in [0.717, 1.165) is 18.5 Å². The zero-order valence-corrected chi connectivity index (χ0v) is 15.6. The quantitative estimate of drug-likeness (QED) is 0.751. The number of hydrogen-bond donors (Lipinski definition) is 1. The first-order chi connectivity index (χ1) is 12.3. The molecule has 4 heteroatoms. The van der Waals surface area contributed by atoms with Crippen LogP contribution >= 0.6 is 11.3 Å². The van der Waals surface area contributed by atoms with Crippen molar-refractivity contribution in [3.8, 4) is 0 Å². The summed E-state index contributed by atoms with van der Waals surface area (Å²) in [5.41, 5.74) is 3.87. The third kappa shape index (κ3) is 4.09. The van der Waals surface area contributed by atoms with E-state index in [-0.39, 0.29) is 0 Å². The first kappa shape index (κ1) is 16.7. The number of likely N-dealkylation sites (tertiary alicyclic amines) is 1. The maximum atomic E-state index is 4.74. The van der Waals surface area contributed by atoms with Gasteiger partial charge in [-0.1, -0.05) is 36.4 Å². The van der Waals surface area contributed by atoms with Crippen LogP contribution in [0.3, 0.4) is 0 Å². The molecule has 2 aromatic carbocycles. The molecule has 0 radical (unpaired) electrons. The average Bonchev–Trinajstić information content (AvgIpc) is 3.06. The first-order valence-corrected chi connectivity index (χ1v) is 9.94. The van der Waals surface area contributed by atoms with Crippen LogP contribution in [0.4, 0.5) is 0 Å². The van der Waals surface area contributed by atoms with Crippen LogP contribution in [0.15, 0.2) is 48.5 Å². The Bertz CT molecular complexity index is 784. The molecule has 0 atom stereocenters. The molecule has 1 saturated heterocycles. The summed E-state index contributed by atoms with van der Waals surface area (Å²) in [6.07, 6.45) is 3.44. The van der Waals surface area contributed by atoms with Crippen LogP contribution in [0.1, 0.15) is 29.0 Å². The molecule has 3 aromatic rings. The fourth-order valence-corrected chi connectivity index (χ4v) is 4.57. The number of para-hydroxylation sites is 1. The number of piperidine rings is 1. The largest absolute Gasteiger partial charge is 0.317 e. The van der Waals surface area contributed by atoms with E-state index in [4.69, 9.17) is 4.98 Å². The van der Waals surface area contributed by atoms with Gasteiger partial charge in [-0.15, -0.1) is 11.3 Å². The lowest BCUT2D eigenvalue weighted by Gasteiger charge is -2.31. The maximum absolute atomic E-state index is 4.74. The molecule has 130 valence electrons. The van der Waals surface area contributed by atoms with E-state index in [1.54, 1.807) is 11.3 Å². The van der Waals surface area contributed by atoms with Crippen LogP contribution in [-0.4, -0.2) is 36.1 Å². The lowest BCUT2D eigenvalue weighted by atomic mass is 10.0. The Labute approximate surface area is 153 Å². The zero-order valence-electron chi connectivity index (χ0n) is 14.7. The lowest BCUT2D eigenvalue weighted by molar-refractivity contribution is 0.194. The van der Waals surface area contributed by atoms with Gasteiger partial charge in [-0.3, -0.25) is 4.90 Å². The fraction of sp³-hybridized carbons (Fsp3) is 0.381. The Kier molecular flexibility index (Phi) is 5.11. The van der Waals surface area contributed by atoms with Crippen molar-refractivity contribution in [2.45, 2.75) is 31.8 Å². The summed E-state index contributed by atoms with van der Waals surface area (Å²) in [6.45, 7) is 3.45. The van der Waals surface area contributed by atoms with Gasteiger partial charge in [0.1, 0.15) is 0 Å². The topological polar surface area (TPSA) is 28.2 Å². The molecule has 1 N–H and O–H groups in total. The number of fused-ring (bicyclic) bond motifs is 1. The Balaban J connectivity index is 1.37. The lowest BCUT2D eigenvalue weighted by Crippen LogP contribution is -2.40. The van der Waals surface area contributed by atoms with E-state index in [2.05, 4.69) is 65.8 Å². The third-order valence-corrected chi connectivity index (χ3v) is 6.15. The molecule has 2 heterocycles. The molecule has 0 spiro atoms. The van der Waals surface area contributed by atoms with Crippen molar-refractivity contribution in [2.75, 3.05) is 20.1 Å². The van der Waals surface area contributed by atoms with Crippen molar-refractivity contribution >= 4 is 21.6 Å². The number of hydrogen-bond acceptors (Lipinski definition) is 4. The van der Waals surface area contributed by atoms with Gasteiger partial charge in [-0.2, -0.15) is 0 Å². The third-order valence-electron chi connectivity index (χ3n) is 5.12. The van der Waals surface area contributed by atoms with Gasteiger partial charge in [0.2, 0.25) is 0 Å². The summed E-state index contributed by atoms with van der Waals surface area (Å²) in [4.78, 5) is 7.31. The summed E-state index contributed by atoms with van der Waals surface area (Å²) >= 11 is 1.80. The number of rotatable bonds is 5. The molecule has 0 bridgehead atoms. The second kappa shape index (κ2) is 7.65. The molecule has 0 saturated carbocycles. The monoisotopic (exact) mass is 351 g/mol. The number of nitrogens with one attached hydrogen (secondary N) is 1.